The summed E-state index contributed by atoms with van der Waals surface area (Å²) in [6.07, 6.45) is 0. The van der Waals surface area contributed by atoms with Gasteiger partial charge >= 0.3 is 8.26 Å². The minimum Gasteiger partial charge on any atom is -0.382 e. The summed E-state index contributed by atoms with van der Waals surface area (Å²) in [4.78, 5) is 0. The second-order valence-corrected chi connectivity index (χ2v) is 4.83. The van der Waals surface area contributed by atoms with Gasteiger partial charge in [-0.25, -0.2) is 0 Å². The molecule has 0 atom stereocenters. The zero-order chi connectivity index (χ0) is 8.62. The molecule has 0 rings (SSSR count). The van der Waals surface area contributed by atoms with Crippen molar-refractivity contribution in [3.8, 4) is 0 Å². The molecule has 0 aliphatic rings. The Kier molecular flexibility index (Phi) is 9.96. The predicted molar refractivity (Wildman–Crippen MR) is 42.8 cm³/mol. The van der Waals surface area contributed by atoms with Crippen LogP contribution in [-0.2, 0) is 13.0 Å². The van der Waals surface area contributed by atoms with Crippen LogP contribution in [0.2, 0.25) is 0 Å². The van der Waals surface area contributed by atoms with E-state index in [4.69, 9.17) is 13.2 Å². The van der Waals surface area contributed by atoms with Crippen LogP contribution < -0.4 is 0 Å². The van der Waals surface area contributed by atoms with Gasteiger partial charge in [0.1, 0.15) is 0 Å². The minimum absolute atomic E-state index is 0.844. The van der Waals surface area contributed by atoms with Crippen molar-refractivity contribution in [2.45, 2.75) is 13.8 Å². The summed E-state index contributed by atoms with van der Waals surface area (Å²) in [5.74, 6) is 0. The Morgan fingerprint density at radius 1 is 1.20 bits per heavy atom. The maximum Gasteiger partial charge on any atom is 0.317 e. The smallest absolute Gasteiger partial charge is 0.317 e. The molecule has 0 aromatic heterocycles. The molecule has 0 spiro atoms. The van der Waals surface area contributed by atoms with Gasteiger partial charge in [0.05, 0.1) is 0 Å². The molecule has 0 aromatic rings. The molecule has 0 saturated carbocycles. The number of hydrogen-bond acceptors (Lipinski definition) is 3. The average Bonchev–Trinajstić information content (AvgIpc) is 1.63. The van der Waals surface area contributed by atoms with Crippen LogP contribution >= 0.6 is 21.4 Å². The molecule has 0 fully saturated rings. The molecule has 3 nitrogen and oxygen atoms in total. The maximum absolute atomic E-state index is 9.16. The Balaban J connectivity index is 0. The largest absolute Gasteiger partial charge is 0.382 e. The fraction of sp³-hybridized carbons (Fsp3) is 1.00. The van der Waals surface area contributed by atoms with Crippen molar-refractivity contribution in [3.05, 3.63) is 0 Å². The Hall–Kier alpha value is 0.490. The molecule has 0 unspecified atom stereocenters. The lowest BCUT2D eigenvalue weighted by atomic mass is 10.8. The molecule has 0 aromatic carbocycles. The lowest BCUT2D eigenvalue weighted by molar-refractivity contribution is 0.162. The third kappa shape index (κ3) is 76.8. The first-order valence-electron chi connectivity index (χ1n) is 2.63. The molecule has 0 heterocycles. The number of ether oxygens (including phenoxy) is 1. The zero-order valence-corrected chi connectivity index (χ0v) is 8.13. The highest BCUT2D eigenvalue weighted by Crippen LogP contribution is 1.98. The zero-order valence-electron chi connectivity index (χ0n) is 5.80. The van der Waals surface area contributed by atoms with E-state index in [2.05, 4.69) is 21.4 Å². The highest BCUT2D eigenvalue weighted by atomic mass is 36.0. The van der Waals surface area contributed by atoms with Crippen LogP contribution in [0.25, 0.3) is 0 Å². The standard InChI is InChI=1S/C4H10O.Cl2O2S/c1-3-5-4-2;1-5(2,3)4/h3-4H2,1-2H3;. The van der Waals surface area contributed by atoms with Gasteiger partial charge in [-0.2, -0.15) is 8.42 Å². The topological polar surface area (TPSA) is 43.4 Å². The molecule has 0 N–H and O–H groups in total. The predicted octanol–water partition coefficient (Wildman–Crippen LogP) is 1.75. The Bertz CT molecular complexity index is 133. The summed E-state index contributed by atoms with van der Waals surface area (Å²) in [5.41, 5.74) is 0. The summed E-state index contributed by atoms with van der Waals surface area (Å²) < 4.78 is 23.2. The van der Waals surface area contributed by atoms with Gasteiger partial charge in [-0.3, -0.25) is 0 Å². The molecule has 0 amide bonds. The number of halogens is 2. The lowest BCUT2D eigenvalue weighted by Crippen LogP contribution is -1.84. The van der Waals surface area contributed by atoms with Gasteiger partial charge in [0.15, 0.2) is 0 Å². The normalized spacial score (nSPS) is 10.0. The van der Waals surface area contributed by atoms with Crippen molar-refractivity contribution in [3.63, 3.8) is 0 Å². The van der Waals surface area contributed by atoms with Crippen molar-refractivity contribution >= 4 is 29.6 Å². The molecular formula is C4H10Cl2O3S. The highest BCUT2D eigenvalue weighted by Gasteiger charge is 1.88. The van der Waals surface area contributed by atoms with Crippen LogP contribution in [-0.4, -0.2) is 21.6 Å². The maximum atomic E-state index is 9.16. The Labute approximate surface area is 70.2 Å². The summed E-state index contributed by atoms with van der Waals surface area (Å²) >= 11 is 0. The van der Waals surface area contributed by atoms with Crippen molar-refractivity contribution in [2.75, 3.05) is 13.2 Å². The molecule has 10 heavy (non-hydrogen) atoms. The van der Waals surface area contributed by atoms with Crippen LogP contribution in [0.4, 0.5) is 0 Å². The summed E-state index contributed by atoms with van der Waals surface area (Å²) in [5, 5.41) is 0. The first kappa shape index (κ1) is 13.1. The van der Waals surface area contributed by atoms with Gasteiger partial charge in [0.25, 0.3) is 0 Å². The molecule has 0 aliphatic heterocycles. The molecule has 0 saturated heterocycles. The molecule has 6 heteroatoms. The minimum atomic E-state index is -3.72. The lowest BCUT2D eigenvalue weighted by Gasteiger charge is -1.86. The summed E-state index contributed by atoms with van der Waals surface area (Å²) in [7, 11) is 4.81. The van der Waals surface area contributed by atoms with Crippen LogP contribution in [0, 0.1) is 0 Å². The van der Waals surface area contributed by atoms with Crippen LogP contribution in [0.15, 0.2) is 0 Å². The third-order valence-electron chi connectivity index (χ3n) is 0.408. The van der Waals surface area contributed by atoms with Gasteiger partial charge in [-0.15, -0.1) is 0 Å². The molecule has 64 valence electrons. The molecule has 0 radical (unpaired) electrons. The van der Waals surface area contributed by atoms with Gasteiger partial charge in [-0.1, -0.05) is 0 Å². The van der Waals surface area contributed by atoms with Crippen molar-refractivity contribution < 1.29 is 13.2 Å². The van der Waals surface area contributed by atoms with Gasteiger partial charge in [0.2, 0.25) is 0 Å². The number of hydrogen-bond donors (Lipinski definition) is 0. The van der Waals surface area contributed by atoms with E-state index < -0.39 is 8.26 Å². The summed E-state index contributed by atoms with van der Waals surface area (Å²) in [6.45, 7) is 5.67. The van der Waals surface area contributed by atoms with E-state index in [1.54, 1.807) is 0 Å². The van der Waals surface area contributed by atoms with E-state index in [9.17, 15) is 0 Å². The molecular weight excluding hydrogens is 199 g/mol. The molecule has 0 aliphatic carbocycles. The summed E-state index contributed by atoms with van der Waals surface area (Å²) in [6, 6.07) is 0. The number of rotatable bonds is 2. The highest BCUT2D eigenvalue weighted by molar-refractivity contribution is 8.31. The average molecular weight is 209 g/mol. The van der Waals surface area contributed by atoms with Gasteiger partial charge < -0.3 is 4.74 Å². The van der Waals surface area contributed by atoms with Gasteiger partial charge in [0, 0.05) is 34.6 Å². The monoisotopic (exact) mass is 208 g/mol. The van der Waals surface area contributed by atoms with Crippen molar-refractivity contribution in [2.24, 2.45) is 0 Å². The quantitative estimate of drug-likeness (QED) is 0.650. The third-order valence-corrected chi connectivity index (χ3v) is 0.408. The van der Waals surface area contributed by atoms with E-state index in [-0.39, 0.29) is 0 Å². The Morgan fingerprint density at radius 2 is 1.40 bits per heavy atom. The van der Waals surface area contributed by atoms with Crippen LogP contribution in [0.5, 0.6) is 0 Å². The van der Waals surface area contributed by atoms with E-state index in [1.165, 1.54) is 0 Å². The fourth-order valence-corrected chi connectivity index (χ4v) is 0.204. The molecule has 0 bridgehead atoms. The van der Waals surface area contributed by atoms with Gasteiger partial charge in [-0.05, 0) is 13.8 Å². The second-order valence-electron chi connectivity index (χ2n) is 1.16. The SMILES string of the molecule is CCOCC.O=S(=O)(Cl)Cl. The fourth-order valence-electron chi connectivity index (χ4n) is 0.204. The van der Waals surface area contributed by atoms with E-state index in [1.807, 2.05) is 13.8 Å². The second kappa shape index (κ2) is 7.60. The van der Waals surface area contributed by atoms with Crippen LogP contribution in [0.3, 0.4) is 0 Å². The van der Waals surface area contributed by atoms with Crippen molar-refractivity contribution in [1.29, 1.82) is 0 Å². The van der Waals surface area contributed by atoms with E-state index >= 15 is 0 Å². The van der Waals surface area contributed by atoms with Crippen molar-refractivity contribution in [1.82, 2.24) is 0 Å². The first-order chi connectivity index (χ1) is 4.41. The van der Waals surface area contributed by atoms with E-state index in [0.29, 0.717) is 0 Å². The van der Waals surface area contributed by atoms with Crippen LogP contribution in [0.1, 0.15) is 13.8 Å². The van der Waals surface area contributed by atoms with E-state index in [0.717, 1.165) is 13.2 Å². The Morgan fingerprint density at radius 3 is 1.40 bits per heavy atom. The first-order valence-corrected chi connectivity index (χ1v) is 5.77.